The minimum absolute atomic E-state index is 0.244. The number of hydrogen-bond acceptors (Lipinski definition) is 6. The van der Waals surface area contributed by atoms with Crippen molar-refractivity contribution in [3.8, 4) is 23.0 Å². The molecule has 0 spiro atoms. The Labute approximate surface area is 198 Å². The zero-order chi connectivity index (χ0) is 24.8. The van der Waals surface area contributed by atoms with Crippen molar-refractivity contribution in [3.63, 3.8) is 0 Å². The van der Waals surface area contributed by atoms with Gasteiger partial charge in [0.1, 0.15) is 34.1 Å². The molecule has 1 aliphatic carbocycles. The van der Waals surface area contributed by atoms with Gasteiger partial charge in [0.2, 0.25) is 0 Å². The molecule has 7 heteroatoms. The van der Waals surface area contributed by atoms with Crippen LogP contribution in [0.15, 0.2) is 36.4 Å². The molecule has 1 aliphatic rings. The Kier molecular flexibility index (Phi) is 9.30. The van der Waals surface area contributed by atoms with E-state index in [1.54, 1.807) is 36.4 Å². The maximum Gasteiger partial charge on any atom is 0.196 e. The number of carbonyl (C=O) groups is 2. The van der Waals surface area contributed by atoms with Crippen LogP contribution in [0.1, 0.15) is 54.8 Å². The van der Waals surface area contributed by atoms with Crippen molar-refractivity contribution in [1.82, 2.24) is 0 Å². The number of rotatable bonds is 8. The molecule has 1 saturated carbocycles. The van der Waals surface area contributed by atoms with E-state index in [4.69, 9.17) is 18.9 Å². The number of methoxy groups -OCH3 is 4. The fourth-order valence-electron chi connectivity index (χ4n) is 3.84. The number of benzene rings is 2. The van der Waals surface area contributed by atoms with Crippen LogP contribution < -0.4 is 18.9 Å². The summed E-state index contributed by atoms with van der Waals surface area (Å²) in [5.41, 5.74) is 0.362. The first-order valence-corrected chi connectivity index (χ1v) is 11.9. The van der Waals surface area contributed by atoms with Gasteiger partial charge in [-0.05, 0) is 47.9 Å². The zero-order valence-electron chi connectivity index (χ0n) is 20.8. The standard InChI is InChI=1S/C18H19O6P.C8H16/c1-21-11-7-5-8-12(22-2)15(11)17(19)25-18(20)16-13(23-3)9-6-10-14(16)24-4;1-6-5-7(2)8(6,3)4/h5-10,25H,1-4H3;6-7H,5H2,1-4H3. The third-order valence-corrected chi connectivity index (χ3v) is 7.74. The molecule has 0 saturated heterocycles. The molecule has 2 unspecified atom stereocenters. The predicted octanol–water partition coefficient (Wildman–Crippen LogP) is 6.07. The first-order valence-electron chi connectivity index (χ1n) is 10.9. The van der Waals surface area contributed by atoms with Gasteiger partial charge in [-0.1, -0.05) is 39.8 Å². The molecule has 0 heterocycles. The van der Waals surface area contributed by atoms with Crippen LogP contribution >= 0.6 is 8.58 Å². The molecule has 0 bridgehead atoms. The lowest BCUT2D eigenvalue weighted by Crippen LogP contribution is -2.41. The van der Waals surface area contributed by atoms with Crippen molar-refractivity contribution < 1.29 is 28.5 Å². The lowest BCUT2D eigenvalue weighted by atomic mass is 9.56. The van der Waals surface area contributed by atoms with Crippen LogP contribution in [0.2, 0.25) is 0 Å². The van der Waals surface area contributed by atoms with E-state index < -0.39 is 8.58 Å². The van der Waals surface area contributed by atoms with Crippen LogP contribution in [0.4, 0.5) is 0 Å². The molecule has 0 radical (unpaired) electrons. The van der Waals surface area contributed by atoms with E-state index in [9.17, 15) is 9.59 Å². The highest BCUT2D eigenvalue weighted by Crippen LogP contribution is 2.50. The van der Waals surface area contributed by atoms with Crippen molar-refractivity contribution in [2.24, 2.45) is 17.3 Å². The van der Waals surface area contributed by atoms with E-state index in [0.29, 0.717) is 28.4 Å². The molecule has 3 rings (SSSR count). The second-order valence-corrected chi connectivity index (χ2v) is 9.88. The van der Waals surface area contributed by atoms with Crippen molar-refractivity contribution in [1.29, 1.82) is 0 Å². The Morgan fingerprint density at radius 2 is 1.03 bits per heavy atom. The van der Waals surface area contributed by atoms with Gasteiger partial charge < -0.3 is 18.9 Å². The van der Waals surface area contributed by atoms with E-state index in [1.807, 2.05) is 0 Å². The van der Waals surface area contributed by atoms with Gasteiger partial charge in [0, 0.05) is 8.58 Å². The van der Waals surface area contributed by atoms with Gasteiger partial charge in [-0.25, -0.2) is 0 Å². The topological polar surface area (TPSA) is 71.1 Å². The van der Waals surface area contributed by atoms with Crippen LogP contribution in [0.25, 0.3) is 0 Å². The average Bonchev–Trinajstić information content (AvgIpc) is 2.83. The first kappa shape index (κ1) is 26.7. The quantitative estimate of drug-likeness (QED) is 0.433. The molecule has 0 aromatic heterocycles. The lowest BCUT2D eigenvalue weighted by molar-refractivity contribution is 0.00567. The molecule has 0 N–H and O–H groups in total. The Balaban J connectivity index is 0.000000405. The minimum Gasteiger partial charge on any atom is -0.496 e. The maximum absolute atomic E-state index is 12.7. The number of carbonyl (C=O) groups excluding carboxylic acids is 2. The van der Waals surface area contributed by atoms with Crippen LogP contribution in [-0.4, -0.2) is 39.5 Å². The molecule has 33 heavy (non-hydrogen) atoms. The third kappa shape index (κ3) is 5.86. The fourth-order valence-corrected chi connectivity index (χ4v) is 4.79. The van der Waals surface area contributed by atoms with E-state index in [1.165, 1.54) is 34.9 Å². The molecular weight excluding hydrogens is 439 g/mol. The van der Waals surface area contributed by atoms with Gasteiger partial charge in [-0.2, -0.15) is 0 Å². The first-order chi connectivity index (χ1) is 15.6. The Hall–Kier alpha value is -2.59. The SMILES string of the molecule is CC1CC(C)C1(C)C.COc1cccc(OC)c1C(=O)PC(=O)c1c(OC)cccc1OC. The number of hydrogen-bond donors (Lipinski definition) is 0. The van der Waals surface area contributed by atoms with Crippen molar-refractivity contribution in [2.45, 2.75) is 34.1 Å². The van der Waals surface area contributed by atoms with E-state index in [0.717, 1.165) is 11.8 Å². The molecule has 2 atom stereocenters. The summed E-state index contributed by atoms with van der Waals surface area (Å²) in [6, 6.07) is 10.0. The van der Waals surface area contributed by atoms with E-state index in [-0.39, 0.29) is 22.2 Å². The Bertz CT molecular complexity index is 865. The average molecular weight is 475 g/mol. The fraction of sp³-hybridized carbons (Fsp3) is 0.462. The van der Waals surface area contributed by atoms with E-state index >= 15 is 0 Å². The van der Waals surface area contributed by atoms with Crippen molar-refractivity contribution in [3.05, 3.63) is 47.5 Å². The molecule has 0 amide bonds. The second kappa shape index (κ2) is 11.5. The van der Waals surface area contributed by atoms with Crippen molar-refractivity contribution in [2.75, 3.05) is 28.4 Å². The predicted molar refractivity (Wildman–Crippen MR) is 133 cm³/mol. The largest absolute Gasteiger partial charge is 0.496 e. The molecule has 2 aromatic rings. The van der Waals surface area contributed by atoms with Gasteiger partial charge in [0.15, 0.2) is 11.0 Å². The molecule has 180 valence electrons. The minimum atomic E-state index is -0.665. The van der Waals surface area contributed by atoms with Crippen LogP contribution in [0, 0.1) is 17.3 Å². The summed E-state index contributed by atoms with van der Waals surface area (Å²) in [5.74, 6) is 3.34. The van der Waals surface area contributed by atoms with Gasteiger partial charge in [-0.3, -0.25) is 9.59 Å². The van der Waals surface area contributed by atoms with Crippen molar-refractivity contribution >= 4 is 19.6 Å². The highest BCUT2D eigenvalue weighted by molar-refractivity contribution is 7.75. The highest BCUT2D eigenvalue weighted by Gasteiger charge is 2.41. The Morgan fingerprint density at radius 1 is 0.727 bits per heavy atom. The van der Waals surface area contributed by atoms with Gasteiger partial charge in [0.25, 0.3) is 0 Å². The molecule has 2 aromatic carbocycles. The third-order valence-electron chi connectivity index (χ3n) is 6.78. The van der Waals surface area contributed by atoms with Gasteiger partial charge >= 0.3 is 0 Å². The van der Waals surface area contributed by atoms with Crippen LogP contribution in [0.5, 0.6) is 23.0 Å². The number of ether oxygens (including phenoxy) is 4. The normalized spacial score (nSPS) is 18.2. The Morgan fingerprint density at radius 3 is 1.21 bits per heavy atom. The monoisotopic (exact) mass is 474 g/mol. The van der Waals surface area contributed by atoms with Crippen LogP contribution in [0.3, 0.4) is 0 Å². The maximum atomic E-state index is 12.7. The summed E-state index contributed by atoms with van der Waals surface area (Å²) >= 11 is 0. The summed E-state index contributed by atoms with van der Waals surface area (Å²) in [6.45, 7) is 9.43. The summed E-state index contributed by atoms with van der Waals surface area (Å²) < 4.78 is 20.9. The highest BCUT2D eigenvalue weighted by atomic mass is 31.1. The summed E-state index contributed by atoms with van der Waals surface area (Å²) in [7, 11) is 5.17. The van der Waals surface area contributed by atoms with Gasteiger partial charge in [-0.15, -0.1) is 0 Å². The summed E-state index contributed by atoms with van der Waals surface area (Å²) in [4.78, 5) is 25.5. The summed E-state index contributed by atoms with van der Waals surface area (Å²) in [5, 5.41) is 0. The summed E-state index contributed by atoms with van der Waals surface area (Å²) in [6.07, 6.45) is 1.44. The molecule has 6 nitrogen and oxygen atoms in total. The molecular formula is C26H35O6P. The van der Waals surface area contributed by atoms with E-state index in [2.05, 4.69) is 27.7 Å². The molecule has 1 fully saturated rings. The smallest absolute Gasteiger partial charge is 0.196 e. The van der Waals surface area contributed by atoms with Crippen LogP contribution in [-0.2, 0) is 0 Å². The zero-order valence-corrected chi connectivity index (χ0v) is 21.8. The second-order valence-electron chi connectivity index (χ2n) is 8.72. The lowest BCUT2D eigenvalue weighted by Gasteiger charge is -2.49. The molecule has 0 aliphatic heterocycles. The van der Waals surface area contributed by atoms with Gasteiger partial charge in [0.05, 0.1) is 28.4 Å².